The quantitative estimate of drug-likeness (QED) is 0.376. The van der Waals surface area contributed by atoms with Crippen LogP contribution in [0.1, 0.15) is 5.56 Å². The Morgan fingerprint density at radius 1 is 1.08 bits per heavy atom. The molecule has 1 aromatic carbocycles. The van der Waals surface area contributed by atoms with Crippen LogP contribution in [0, 0.1) is 0 Å². The average Bonchev–Trinajstić information content (AvgIpc) is 2.36. The minimum absolute atomic E-state index is 0.0742. The van der Waals surface area contributed by atoms with Gasteiger partial charge in [0.2, 0.25) is 0 Å². The van der Waals surface area contributed by atoms with E-state index in [1.807, 2.05) is 0 Å². The number of ether oxygens (including phenoxy) is 1. The second-order valence-electron chi connectivity index (χ2n) is 5.10. The number of carboxylic acid groups (broad SMARTS) is 1. The van der Waals surface area contributed by atoms with Gasteiger partial charge in [-0.05, 0) is 17.7 Å². The summed E-state index contributed by atoms with van der Waals surface area (Å²) in [5.74, 6) is -3.29. The van der Waals surface area contributed by atoms with E-state index in [1.165, 1.54) is 24.3 Å². The predicted octanol–water partition coefficient (Wildman–Crippen LogP) is -2.89. The van der Waals surface area contributed by atoms with Crippen molar-refractivity contribution in [2.45, 2.75) is 18.6 Å². The molecule has 136 valence electrons. The summed E-state index contributed by atoms with van der Waals surface area (Å²) in [5, 5.41) is 10.6. The molecule has 0 spiro atoms. The lowest BCUT2D eigenvalue weighted by molar-refractivity contribution is -0.437. The molecule has 1 atom stereocenters. The summed E-state index contributed by atoms with van der Waals surface area (Å²) < 4.78 is 66.3. The molecule has 0 bridgehead atoms. The lowest BCUT2D eigenvalue weighted by atomic mass is 10.1. The van der Waals surface area contributed by atoms with Crippen molar-refractivity contribution in [1.82, 2.24) is 0 Å². The Bertz CT molecular complexity index is 737. The SMILES string of the molecule is [NH3+]C(Cc1ccc(OC(CS(=O)(=O)O)CS(=O)(=O)O)cc1)C(=O)[O-]. The summed E-state index contributed by atoms with van der Waals surface area (Å²) in [4.78, 5) is 10.6. The first-order valence-electron chi connectivity index (χ1n) is 6.55. The molecule has 0 fully saturated rings. The first-order valence-corrected chi connectivity index (χ1v) is 9.77. The van der Waals surface area contributed by atoms with Crippen molar-refractivity contribution in [1.29, 1.82) is 0 Å². The summed E-state index contributed by atoms with van der Waals surface area (Å²) in [6.07, 6.45) is -1.42. The highest BCUT2D eigenvalue weighted by Crippen LogP contribution is 2.16. The number of hydrogen-bond donors (Lipinski definition) is 3. The molecule has 1 rings (SSSR count). The van der Waals surface area contributed by atoms with Gasteiger partial charge in [0.1, 0.15) is 29.4 Å². The lowest BCUT2D eigenvalue weighted by Crippen LogP contribution is -2.69. The highest BCUT2D eigenvalue weighted by atomic mass is 32.2. The first kappa shape index (κ1) is 20.3. The second kappa shape index (κ2) is 7.90. The molecule has 0 saturated carbocycles. The number of quaternary nitrogens is 1. The van der Waals surface area contributed by atoms with Crippen molar-refractivity contribution in [2.75, 3.05) is 11.5 Å². The summed E-state index contributed by atoms with van der Waals surface area (Å²) >= 11 is 0. The summed E-state index contributed by atoms with van der Waals surface area (Å²) in [7, 11) is -9.06. The molecule has 0 aliphatic carbocycles. The Labute approximate surface area is 138 Å². The van der Waals surface area contributed by atoms with Crippen LogP contribution in [0.15, 0.2) is 24.3 Å². The molecule has 0 aromatic heterocycles. The topological polar surface area (TPSA) is 186 Å². The average molecular weight is 383 g/mol. The van der Waals surface area contributed by atoms with Crippen molar-refractivity contribution >= 4 is 26.2 Å². The van der Waals surface area contributed by atoms with Gasteiger partial charge in [-0.25, -0.2) is 0 Å². The predicted molar refractivity (Wildman–Crippen MR) is 79.1 cm³/mol. The van der Waals surface area contributed by atoms with Gasteiger partial charge in [-0.2, -0.15) is 16.8 Å². The van der Waals surface area contributed by atoms with Crippen molar-refractivity contribution in [3.8, 4) is 5.75 Å². The Morgan fingerprint density at radius 3 is 1.92 bits per heavy atom. The van der Waals surface area contributed by atoms with Gasteiger partial charge in [0.25, 0.3) is 20.2 Å². The van der Waals surface area contributed by atoms with E-state index < -0.39 is 49.9 Å². The third kappa shape index (κ3) is 8.21. The molecule has 5 N–H and O–H groups in total. The Hall–Kier alpha value is -1.73. The lowest BCUT2D eigenvalue weighted by Gasteiger charge is -2.17. The van der Waals surface area contributed by atoms with Gasteiger partial charge in [-0.3, -0.25) is 9.11 Å². The van der Waals surface area contributed by atoms with E-state index in [-0.39, 0.29) is 12.2 Å². The van der Waals surface area contributed by atoms with Crippen LogP contribution in [-0.4, -0.2) is 55.6 Å². The van der Waals surface area contributed by atoms with E-state index in [0.717, 1.165) is 0 Å². The molecule has 0 heterocycles. The number of hydrogen-bond acceptors (Lipinski definition) is 7. The van der Waals surface area contributed by atoms with Crippen molar-refractivity contribution in [3.63, 3.8) is 0 Å². The third-order valence-corrected chi connectivity index (χ3v) is 4.42. The van der Waals surface area contributed by atoms with Crippen molar-refractivity contribution in [3.05, 3.63) is 29.8 Å². The molecule has 1 unspecified atom stereocenters. The van der Waals surface area contributed by atoms with Gasteiger partial charge >= 0.3 is 0 Å². The van der Waals surface area contributed by atoms with E-state index in [1.54, 1.807) is 0 Å². The molecule has 0 aliphatic rings. The first-order chi connectivity index (χ1) is 10.9. The molecular formula is C12H17NO9S2. The van der Waals surface area contributed by atoms with Gasteiger partial charge in [-0.1, -0.05) is 12.1 Å². The zero-order chi connectivity index (χ0) is 18.5. The van der Waals surface area contributed by atoms with Gasteiger partial charge < -0.3 is 20.4 Å². The van der Waals surface area contributed by atoms with Crippen molar-refractivity contribution in [2.24, 2.45) is 0 Å². The Kier molecular flexibility index (Phi) is 6.68. The van der Waals surface area contributed by atoms with E-state index in [4.69, 9.17) is 13.8 Å². The highest BCUT2D eigenvalue weighted by molar-refractivity contribution is 7.86. The second-order valence-corrected chi connectivity index (χ2v) is 8.10. The van der Waals surface area contributed by atoms with E-state index in [2.05, 4.69) is 5.73 Å². The molecule has 10 nitrogen and oxygen atoms in total. The summed E-state index contributed by atoms with van der Waals surface area (Å²) in [6.45, 7) is 0. The number of carboxylic acids is 1. The minimum Gasteiger partial charge on any atom is -0.544 e. The standard InChI is InChI=1S/C12H17NO9S2/c13-11(12(14)15)5-8-1-3-9(4-2-8)22-10(6-23(16,17)18)7-24(19,20)21/h1-4,10-11H,5-7,13H2,(H,14,15)(H,16,17,18)(H,19,20,21). The number of carbonyl (C=O) groups is 1. The smallest absolute Gasteiger partial charge is 0.268 e. The van der Waals surface area contributed by atoms with Gasteiger partial charge in [0, 0.05) is 6.42 Å². The van der Waals surface area contributed by atoms with Crippen LogP contribution in [0.4, 0.5) is 0 Å². The molecule has 0 aliphatic heterocycles. The highest BCUT2D eigenvalue weighted by Gasteiger charge is 2.24. The fourth-order valence-electron chi connectivity index (χ4n) is 1.85. The fraction of sp³-hybridized carbons (Fsp3) is 0.417. The van der Waals surface area contributed by atoms with Crippen LogP contribution in [0.2, 0.25) is 0 Å². The number of carbonyl (C=O) groups excluding carboxylic acids is 1. The minimum atomic E-state index is -4.53. The molecule has 12 heteroatoms. The number of aliphatic carboxylic acids is 1. The monoisotopic (exact) mass is 383 g/mol. The van der Waals surface area contributed by atoms with Crippen LogP contribution in [0.3, 0.4) is 0 Å². The maximum absolute atomic E-state index is 10.9. The maximum atomic E-state index is 10.9. The molecule has 0 amide bonds. The van der Waals surface area contributed by atoms with Crippen LogP contribution in [-0.2, 0) is 31.5 Å². The largest absolute Gasteiger partial charge is 0.544 e. The summed E-state index contributed by atoms with van der Waals surface area (Å²) in [5.41, 5.74) is 3.99. The van der Waals surface area contributed by atoms with E-state index >= 15 is 0 Å². The number of rotatable bonds is 9. The number of benzene rings is 1. The molecular weight excluding hydrogens is 366 g/mol. The molecule has 0 saturated heterocycles. The maximum Gasteiger partial charge on any atom is 0.268 e. The van der Waals surface area contributed by atoms with Crippen LogP contribution in [0.5, 0.6) is 5.75 Å². The fourth-order valence-corrected chi connectivity index (χ4v) is 3.31. The van der Waals surface area contributed by atoms with Gasteiger partial charge in [0.05, 0.1) is 5.97 Å². The van der Waals surface area contributed by atoms with Crippen LogP contribution >= 0.6 is 0 Å². The van der Waals surface area contributed by atoms with Crippen LogP contribution in [0.25, 0.3) is 0 Å². The normalized spacial score (nSPS) is 13.7. The van der Waals surface area contributed by atoms with Crippen LogP contribution < -0.4 is 15.6 Å². The summed E-state index contributed by atoms with van der Waals surface area (Å²) in [6, 6.07) is 4.72. The zero-order valence-corrected chi connectivity index (χ0v) is 14.0. The van der Waals surface area contributed by atoms with Crippen molar-refractivity contribution < 1.29 is 46.3 Å². The molecule has 24 heavy (non-hydrogen) atoms. The Balaban J connectivity index is 2.84. The van der Waals surface area contributed by atoms with E-state index in [9.17, 15) is 26.7 Å². The van der Waals surface area contributed by atoms with Gasteiger partial charge in [-0.15, -0.1) is 0 Å². The van der Waals surface area contributed by atoms with Gasteiger partial charge in [0.15, 0.2) is 0 Å². The third-order valence-electron chi connectivity index (χ3n) is 2.83. The molecule has 0 radical (unpaired) electrons. The Morgan fingerprint density at radius 2 is 1.54 bits per heavy atom. The molecule has 1 aromatic rings. The zero-order valence-electron chi connectivity index (χ0n) is 12.4. The van der Waals surface area contributed by atoms with E-state index in [0.29, 0.717) is 5.56 Å².